The lowest BCUT2D eigenvalue weighted by molar-refractivity contribution is -0.135. The first-order chi connectivity index (χ1) is 8.06. The van der Waals surface area contributed by atoms with Gasteiger partial charge in [-0.3, -0.25) is 4.52 Å². The molecule has 1 rings (SSSR count). The van der Waals surface area contributed by atoms with Crippen LogP contribution in [0.5, 0.6) is 0 Å². The maximum absolute atomic E-state index is 11.1. The predicted molar refractivity (Wildman–Crippen MR) is 50.8 cm³/mol. The maximum Gasteiger partial charge on any atom is 0.542 e. The van der Waals surface area contributed by atoms with Crippen molar-refractivity contribution in [3.05, 3.63) is 29.2 Å². The standard InChI is InChI=1S/C9H9NO7/c1-3-5(7-10-17-9(13)16-7)14-8(12)15-6(11)4-2/h4-5H,2-3H2,1H3. The fraction of sp³-hybridized carbons (Fsp3) is 0.333. The summed E-state index contributed by atoms with van der Waals surface area (Å²) in [5, 5.41) is 3.25. The molecule has 0 aromatic carbocycles. The summed E-state index contributed by atoms with van der Waals surface area (Å²) in [5.74, 6) is -2.18. The highest BCUT2D eigenvalue weighted by atomic mass is 16.7. The summed E-state index contributed by atoms with van der Waals surface area (Å²) in [6.07, 6.45) is -1.15. The topological polar surface area (TPSA) is 109 Å². The van der Waals surface area contributed by atoms with Crippen molar-refractivity contribution in [3.63, 3.8) is 0 Å². The normalized spacial score (nSPS) is 11.6. The van der Waals surface area contributed by atoms with Crippen molar-refractivity contribution < 1.29 is 28.0 Å². The van der Waals surface area contributed by atoms with Crippen molar-refractivity contribution in [1.29, 1.82) is 0 Å². The lowest BCUT2D eigenvalue weighted by atomic mass is 10.3. The van der Waals surface area contributed by atoms with E-state index in [0.717, 1.165) is 6.08 Å². The number of carbonyl (C=O) groups excluding carboxylic acids is 2. The molecule has 92 valence electrons. The van der Waals surface area contributed by atoms with E-state index in [4.69, 9.17) is 0 Å². The SMILES string of the molecule is C=CC(=O)OC(=O)OC(CC)c1noc(=O)o1. The van der Waals surface area contributed by atoms with E-state index in [1.165, 1.54) is 0 Å². The second kappa shape index (κ2) is 5.64. The van der Waals surface area contributed by atoms with Gasteiger partial charge in [0.05, 0.1) is 0 Å². The van der Waals surface area contributed by atoms with Crippen molar-refractivity contribution in [2.75, 3.05) is 0 Å². The minimum absolute atomic E-state index is 0.208. The Morgan fingerprint density at radius 2 is 2.29 bits per heavy atom. The summed E-state index contributed by atoms with van der Waals surface area (Å²) in [6.45, 7) is 4.75. The molecule has 17 heavy (non-hydrogen) atoms. The van der Waals surface area contributed by atoms with E-state index in [2.05, 4.69) is 30.1 Å². The number of carbonyl (C=O) groups is 2. The third kappa shape index (κ3) is 3.59. The Morgan fingerprint density at radius 3 is 2.76 bits per heavy atom. The van der Waals surface area contributed by atoms with E-state index in [1.807, 2.05) is 0 Å². The second-order valence-corrected chi connectivity index (χ2v) is 2.76. The molecule has 1 aromatic rings. The Kier molecular flexibility index (Phi) is 4.21. The largest absolute Gasteiger partial charge is 0.542 e. The van der Waals surface area contributed by atoms with Gasteiger partial charge in [-0.1, -0.05) is 13.5 Å². The molecule has 0 aliphatic carbocycles. The average molecular weight is 243 g/mol. The molecule has 0 bridgehead atoms. The predicted octanol–water partition coefficient (Wildman–Crippen LogP) is 0.945. The van der Waals surface area contributed by atoms with E-state index in [9.17, 15) is 14.4 Å². The Hall–Kier alpha value is -2.38. The molecular weight excluding hydrogens is 234 g/mol. The molecule has 0 radical (unpaired) electrons. The van der Waals surface area contributed by atoms with Gasteiger partial charge in [-0.05, 0) is 11.6 Å². The Bertz CT molecular complexity index is 472. The van der Waals surface area contributed by atoms with Crippen molar-refractivity contribution in [2.45, 2.75) is 19.4 Å². The molecule has 0 amide bonds. The zero-order chi connectivity index (χ0) is 12.8. The first kappa shape index (κ1) is 12.7. The summed E-state index contributed by atoms with van der Waals surface area (Å²) in [6, 6.07) is 0. The minimum atomic E-state index is -1.24. The molecule has 1 heterocycles. The monoisotopic (exact) mass is 243 g/mol. The van der Waals surface area contributed by atoms with Gasteiger partial charge in [-0.2, -0.15) is 0 Å². The van der Waals surface area contributed by atoms with E-state index in [-0.39, 0.29) is 12.3 Å². The van der Waals surface area contributed by atoms with Gasteiger partial charge in [0.15, 0.2) is 6.10 Å². The van der Waals surface area contributed by atoms with E-state index in [0.29, 0.717) is 0 Å². The van der Waals surface area contributed by atoms with Crippen LogP contribution in [0.15, 0.2) is 26.4 Å². The van der Waals surface area contributed by atoms with Gasteiger partial charge in [-0.25, -0.2) is 14.4 Å². The minimum Gasteiger partial charge on any atom is -0.420 e. The molecule has 0 saturated heterocycles. The summed E-state index contributed by atoms with van der Waals surface area (Å²) < 4.78 is 17.5. The highest BCUT2D eigenvalue weighted by molar-refractivity contribution is 5.89. The summed E-state index contributed by atoms with van der Waals surface area (Å²) in [4.78, 5) is 32.3. The molecule has 1 unspecified atom stereocenters. The van der Waals surface area contributed by atoms with E-state index < -0.39 is 24.1 Å². The number of ether oxygens (including phenoxy) is 2. The first-order valence-corrected chi connectivity index (χ1v) is 4.58. The van der Waals surface area contributed by atoms with Crippen molar-refractivity contribution in [3.8, 4) is 0 Å². The number of esters is 1. The first-order valence-electron chi connectivity index (χ1n) is 4.58. The number of aromatic nitrogens is 1. The van der Waals surface area contributed by atoms with Crippen LogP contribution in [-0.4, -0.2) is 17.3 Å². The molecule has 1 atom stereocenters. The van der Waals surface area contributed by atoms with Crippen molar-refractivity contribution >= 4 is 12.1 Å². The third-order valence-corrected chi connectivity index (χ3v) is 1.63. The van der Waals surface area contributed by atoms with Crippen LogP contribution in [0.2, 0.25) is 0 Å². The third-order valence-electron chi connectivity index (χ3n) is 1.63. The fourth-order valence-corrected chi connectivity index (χ4v) is 0.902. The van der Waals surface area contributed by atoms with Crippen LogP contribution in [0, 0.1) is 0 Å². The van der Waals surface area contributed by atoms with Crippen LogP contribution in [0.4, 0.5) is 4.79 Å². The summed E-state index contributed by atoms with van der Waals surface area (Å²) >= 11 is 0. The zero-order valence-electron chi connectivity index (χ0n) is 8.87. The van der Waals surface area contributed by atoms with Gasteiger partial charge < -0.3 is 13.9 Å². The highest BCUT2D eigenvalue weighted by Gasteiger charge is 2.23. The quantitative estimate of drug-likeness (QED) is 0.436. The van der Waals surface area contributed by atoms with Gasteiger partial charge in [-0.15, -0.1) is 0 Å². The smallest absolute Gasteiger partial charge is 0.420 e. The fourth-order valence-electron chi connectivity index (χ4n) is 0.902. The van der Waals surface area contributed by atoms with Gasteiger partial charge >= 0.3 is 17.9 Å². The number of rotatable bonds is 4. The van der Waals surface area contributed by atoms with Crippen LogP contribution in [0.1, 0.15) is 25.3 Å². The molecule has 8 heteroatoms. The van der Waals surface area contributed by atoms with E-state index >= 15 is 0 Å². The molecule has 0 spiro atoms. The highest BCUT2D eigenvalue weighted by Crippen LogP contribution is 2.18. The second-order valence-electron chi connectivity index (χ2n) is 2.76. The molecule has 0 N–H and O–H groups in total. The molecule has 1 aromatic heterocycles. The van der Waals surface area contributed by atoms with Gasteiger partial charge in [0.2, 0.25) is 0 Å². The maximum atomic E-state index is 11.1. The van der Waals surface area contributed by atoms with Crippen LogP contribution in [-0.2, 0) is 14.3 Å². The van der Waals surface area contributed by atoms with Gasteiger partial charge in [0.1, 0.15) is 0 Å². The molecule has 0 aliphatic heterocycles. The Morgan fingerprint density at radius 1 is 1.59 bits per heavy atom. The van der Waals surface area contributed by atoms with Gasteiger partial charge in [0.25, 0.3) is 5.89 Å². The van der Waals surface area contributed by atoms with Crippen molar-refractivity contribution in [2.24, 2.45) is 0 Å². The lowest BCUT2D eigenvalue weighted by Gasteiger charge is -2.09. The zero-order valence-corrected chi connectivity index (χ0v) is 8.87. The van der Waals surface area contributed by atoms with Gasteiger partial charge in [0, 0.05) is 6.08 Å². The van der Waals surface area contributed by atoms with Crippen LogP contribution >= 0.6 is 0 Å². The molecular formula is C9H9NO7. The number of nitrogens with zero attached hydrogens (tertiary/aromatic N) is 1. The summed E-state index contributed by atoms with van der Waals surface area (Å²) in [7, 11) is 0. The molecule has 0 fully saturated rings. The Balaban J connectivity index is 2.64. The van der Waals surface area contributed by atoms with Crippen molar-refractivity contribution in [1.82, 2.24) is 5.16 Å². The molecule has 8 nitrogen and oxygen atoms in total. The van der Waals surface area contributed by atoms with Crippen LogP contribution in [0.25, 0.3) is 0 Å². The van der Waals surface area contributed by atoms with Crippen LogP contribution < -0.4 is 5.82 Å². The Labute approximate surface area is 94.8 Å². The average Bonchev–Trinajstić information content (AvgIpc) is 2.72. The lowest BCUT2D eigenvalue weighted by Crippen LogP contribution is -2.15. The van der Waals surface area contributed by atoms with E-state index in [1.54, 1.807) is 6.92 Å². The van der Waals surface area contributed by atoms with Crippen LogP contribution in [0.3, 0.4) is 0 Å². The number of hydrogen-bond acceptors (Lipinski definition) is 8. The summed E-state index contributed by atoms with van der Waals surface area (Å²) in [5.41, 5.74) is 0. The molecule has 0 aliphatic rings. The molecule has 0 saturated carbocycles. The number of hydrogen-bond donors (Lipinski definition) is 0.